The minimum absolute atomic E-state index is 0.217. The Morgan fingerprint density at radius 3 is 2.57 bits per heavy atom. The largest absolute Gasteiger partial charge is 0.393 e. The summed E-state index contributed by atoms with van der Waals surface area (Å²) in [6, 6.07) is 11.1. The number of aliphatic hydroxyl groups excluding tert-OH is 1. The van der Waals surface area contributed by atoms with Crippen molar-refractivity contribution in [3.63, 3.8) is 0 Å². The van der Waals surface area contributed by atoms with E-state index in [1.54, 1.807) is 24.5 Å². The SMILES string of the molecule is CC(C)c1ccnc(NC(=O)c2ccc(-c3cn4c(cnc4[C@H]4CC[C@H](O)CC4)c(N)n3)cc2)c1. The van der Waals surface area contributed by atoms with E-state index in [0.29, 0.717) is 28.8 Å². The van der Waals surface area contributed by atoms with Gasteiger partial charge in [0.15, 0.2) is 0 Å². The van der Waals surface area contributed by atoms with Crippen molar-refractivity contribution in [2.24, 2.45) is 0 Å². The molecular weight excluding hydrogens is 440 g/mol. The minimum atomic E-state index is -0.218. The molecule has 8 nitrogen and oxygen atoms in total. The number of imidazole rings is 1. The molecule has 8 heteroatoms. The van der Waals surface area contributed by atoms with Gasteiger partial charge in [-0.25, -0.2) is 15.0 Å². The van der Waals surface area contributed by atoms with Gasteiger partial charge in [0.2, 0.25) is 0 Å². The van der Waals surface area contributed by atoms with Crippen LogP contribution in [0.3, 0.4) is 0 Å². The zero-order valence-corrected chi connectivity index (χ0v) is 20.0. The number of rotatable bonds is 5. The number of amides is 1. The number of hydrogen-bond donors (Lipinski definition) is 3. The molecule has 5 rings (SSSR count). The highest BCUT2D eigenvalue weighted by Gasteiger charge is 2.25. The van der Waals surface area contributed by atoms with Crippen LogP contribution in [-0.4, -0.2) is 36.5 Å². The molecule has 1 aliphatic rings. The van der Waals surface area contributed by atoms with Gasteiger partial charge in [0, 0.05) is 29.4 Å². The molecular formula is C27H30N6O2. The van der Waals surface area contributed by atoms with Crippen molar-refractivity contribution >= 4 is 23.1 Å². The zero-order chi connectivity index (χ0) is 24.5. The zero-order valence-electron chi connectivity index (χ0n) is 20.0. The monoisotopic (exact) mass is 470 g/mol. The number of nitrogens with one attached hydrogen (secondary N) is 1. The van der Waals surface area contributed by atoms with E-state index < -0.39 is 0 Å². The molecule has 4 N–H and O–H groups in total. The molecule has 180 valence electrons. The lowest BCUT2D eigenvalue weighted by Crippen LogP contribution is -2.18. The lowest BCUT2D eigenvalue weighted by atomic mass is 9.87. The maximum Gasteiger partial charge on any atom is 0.256 e. The summed E-state index contributed by atoms with van der Waals surface area (Å²) in [5.74, 6) is 2.32. The van der Waals surface area contributed by atoms with Gasteiger partial charge in [0.25, 0.3) is 5.91 Å². The van der Waals surface area contributed by atoms with Crippen LogP contribution in [0, 0.1) is 0 Å². The normalized spacial score (nSPS) is 18.2. The Kier molecular flexibility index (Phi) is 6.21. The number of pyridine rings is 1. The molecule has 1 fully saturated rings. The molecule has 1 aliphatic carbocycles. The Balaban J connectivity index is 1.38. The van der Waals surface area contributed by atoms with Crippen LogP contribution in [0.1, 0.15) is 73.1 Å². The third-order valence-electron chi connectivity index (χ3n) is 6.78. The Labute approximate surface area is 204 Å². The van der Waals surface area contributed by atoms with E-state index in [0.717, 1.165) is 48.2 Å². The van der Waals surface area contributed by atoms with Crippen LogP contribution in [0.2, 0.25) is 0 Å². The predicted molar refractivity (Wildman–Crippen MR) is 136 cm³/mol. The average molecular weight is 471 g/mol. The predicted octanol–water partition coefficient (Wildman–Crippen LogP) is 4.77. The Bertz CT molecular complexity index is 1350. The molecule has 0 atom stereocenters. The van der Waals surface area contributed by atoms with Crippen LogP contribution in [0.4, 0.5) is 11.6 Å². The molecule has 3 heterocycles. The molecule has 35 heavy (non-hydrogen) atoms. The quantitative estimate of drug-likeness (QED) is 0.387. The summed E-state index contributed by atoms with van der Waals surface area (Å²) in [7, 11) is 0. The number of carbonyl (C=O) groups is 1. The third kappa shape index (κ3) is 4.74. The highest BCUT2D eigenvalue weighted by atomic mass is 16.3. The van der Waals surface area contributed by atoms with Crippen LogP contribution >= 0.6 is 0 Å². The summed E-state index contributed by atoms with van der Waals surface area (Å²) < 4.78 is 2.02. The molecule has 0 saturated heterocycles. The van der Waals surface area contributed by atoms with Crippen molar-refractivity contribution in [1.29, 1.82) is 0 Å². The van der Waals surface area contributed by atoms with Crippen LogP contribution in [0.15, 0.2) is 55.0 Å². The van der Waals surface area contributed by atoms with E-state index in [2.05, 4.69) is 34.1 Å². The number of hydrogen-bond acceptors (Lipinski definition) is 6. The first-order valence-corrected chi connectivity index (χ1v) is 12.1. The van der Waals surface area contributed by atoms with Crippen molar-refractivity contribution in [1.82, 2.24) is 19.4 Å². The number of aromatic nitrogens is 4. The van der Waals surface area contributed by atoms with Crippen LogP contribution in [-0.2, 0) is 0 Å². The molecule has 0 spiro atoms. The molecule has 1 saturated carbocycles. The van der Waals surface area contributed by atoms with Gasteiger partial charge in [-0.1, -0.05) is 26.0 Å². The first kappa shape index (κ1) is 23.0. The second-order valence-corrected chi connectivity index (χ2v) is 9.55. The number of aliphatic hydroxyl groups is 1. The Morgan fingerprint density at radius 2 is 1.86 bits per heavy atom. The van der Waals surface area contributed by atoms with Gasteiger partial charge in [-0.2, -0.15) is 0 Å². The maximum atomic E-state index is 12.8. The van der Waals surface area contributed by atoms with E-state index in [4.69, 9.17) is 5.73 Å². The number of benzene rings is 1. The summed E-state index contributed by atoms with van der Waals surface area (Å²) in [6.07, 6.45) is 8.58. The van der Waals surface area contributed by atoms with Crippen molar-refractivity contribution < 1.29 is 9.90 Å². The fourth-order valence-electron chi connectivity index (χ4n) is 4.67. The molecule has 3 aromatic heterocycles. The van der Waals surface area contributed by atoms with Crippen molar-refractivity contribution in [3.05, 3.63) is 71.9 Å². The van der Waals surface area contributed by atoms with Gasteiger partial charge in [-0.3, -0.25) is 9.20 Å². The third-order valence-corrected chi connectivity index (χ3v) is 6.78. The highest BCUT2D eigenvalue weighted by molar-refractivity contribution is 6.04. The van der Waals surface area contributed by atoms with Crippen molar-refractivity contribution in [3.8, 4) is 11.3 Å². The van der Waals surface area contributed by atoms with E-state index >= 15 is 0 Å². The Morgan fingerprint density at radius 1 is 1.11 bits per heavy atom. The number of nitrogens with two attached hydrogens (primary N) is 1. The summed E-state index contributed by atoms with van der Waals surface area (Å²) in [5, 5.41) is 12.7. The molecule has 0 bridgehead atoms. The smallest absolute Gasteiger partial charge is 0.256 e. The van der Waals surface area contributed by atoms with Gasteiger partial charge in [-0.15, -0.1) is 0 Å². The van der Waals surface area contributed by atoms with Crippen LogP contribution < -0.4 is 11.1 Å². The highest BCUT2D eigenvalue weighted by Crippen LogP contribution is 2.34. The van der Waals surface area contributed by atoms with Crippen molar-refractivity contribution in [2.75, 3.05) is 11.1 Å². The minimum Gasteiger partial charge on any atom is -0.393 e. The standard InChI is InChI=1S/C27H30N6O2/c1-16(2)20-11-12-29-24(13-20)32-27(35)19-5-3-17(4-6-19)22-15-33-23(25(28)31-22)14-30-26(33)18-7-9-21(34)10-8-18/h3-6,11-16,18,21,34H,7-10H2,1-2H3,(H2,28,31)(H,29,32,35)/t18-,21-. The van der Waals surface area contributed by atoms with E-state index in [-0.39, 0.29) is 17.9 Å². The molecule has 0 unspecified atom stereocenters. The number of carbonyl (C=O) groups excluding carboxylic acids is 1. The molecule has 0 radical (unpaired) electrons. The van der Waals surface area contributed by atoms with Gasteiger partial charge in [0.05, 0.1) is 18.0 Å². The topological polar surface area (TPSA) is 118 Å². The molecule has 0 aliphatic heterocycles. The van der Waals surface area contributed by atoms with E-state index in [9.17, 15) is 9.90 Å². The number of nitrogens with zero attached hydrogens (tertiary/aromatic N) is 4. The maximum absolute atomic E-state index is 12.8. The van der Waals surface area contributed by atoms with Crippen molar-refractivity contribution in [2.45, 2.75) is 57.5 Å². The first-order valence-electron chi connectivity index (χ1n) is 12.1. The Hall–Kier alpha value is -3.78. The van der Waals surface area contributed by atoms with Crippen LogP contribution in [0.25, 0.3) is 16.8 Å². The molecule has 4 aromatic rings. The lowest BCUT2D eigenvalue weighted by molar-refractivity contribution is 0.102. The lowest BCUT2D eigenvalue weighted by Gasteiger charge is -2.24. The van der Waals surface area contributed by atoms with Gasteiger partial charge < -0.3 is 16.2 Å². The van der Waals surface area contributed by atoms with E-state index in [1.807, 2.05) is 34.9 Å². The summed E-state index contributed by atoms with van der Waals surface area (Å²) in [4.78, 5) is 26.2. The fraction of sp³-hybridized carbons (Fsp3) is 0.333. The second kappa shape index (κ2) is 9.46. The van der Waals surface area contributed by atoms with Gasteiger partial charge >= 0.3 is 0 Å². The fourth-order valence-corrected chi connectivity index (χ4v) is 4.67. The number of fused-ring (bicyclic) bond motifs is 1. The summed E-state index contributed by atoms with van der Waals surface area (Å²) >= 11 is 0. The first-order chi connectivity index (χ1) is 16.9. The molecule has 1 aromatic carbocycles. The number of nitrogen functional groups attached to an aromatic ring is 1. The average Bonchev–Trinajstić information content (AvgIpc) is 3.29. The second-order valence-electron chi connectivity index (χ2n) is 9.55. The summed E-state index contributed by atoms with van der Waals surface area (Å²) in [5.41, 5.74) is 10.3. The van der Waals surface area contributed by atoms with Crippen LogP contribution in [0.5, 0.6) is 0 Å². The van der Waals surface area contributed by atoms with Gasteiger partial charge in [-0.05, 0) is 61.4 Å². The molecule has 1 amide bonds. The van der Waals surface area contributed by atoms with Gasteiger partial charge in [0.1, 0.15) is 23.0 Å². The van der Waals surface area contributed by atoms with E-state index in [1.165, 1.54) is 0 Å². The summed E-state index contributed by atoms with van der Waals surface area (Å²) in [6.45, 7) is 4.20. The number of anilines is 2.